The minimum atomic E-state index is -0.615. The van der Waals surface area contributed by atoms with Crippen LogP contribution in [0.15, 0.2) is 24.3 Å². The normalized spacial score (nSPS) is 17.4. The van der Waals surface area contributed by atoms with Crippen LogP contribution in [0.1, 0.15) is 25.7 Å². The lowest BCUT2D eigenvalue weighted by atomic mass is 10.0. The van der Waals surface area contributed by atoms with Crippen molar-refractivity contribution < 1.29 is 9.90 Å². The molecule has 1 aliphatic carbocycles. The minimum absolute atomic E-state index is 0.0844. The van der Waals surface area contributed by atoms with Crippen LogP contribution in [0.4, 0.5) is 11.4 Å². The highest BCUT2D eigenvalue weighted by atomic mass is 16.3. The maximum absolute atomic E-state index is 11.9. The molecule has 1 fully saturated rings. The molecule has 5 nitrogen and oxygen atoms in total. The third-order valence-electron chi connectivity index (χ3n) is 3.71. The number of nitrogens with zero attached hydrogens (tertiary/aromatic N) is 1. The van der Waals surface area contributed by atoms with E-state index in [-0.39, 0.29) is 12.5 Å². The molecule has 20 heavy (non-hydrogen) atoms. The summed E-state index contributed by atoms with van der Waals surface area (Å²) in [7, 11) is 1.86. The Balaban J connectivity index is 1.80. The fraction of sp³-hybridized carbons (Fsp3) is 0.533. The molecule has 4 N–H and O–H groups in total. The van der Waals surface area contributed by atoms with E-state index in [1.807, 2.05) is 11.9 Å². The standard InChI is InChI=1S/C15H23N3O2/c1-18(11-15(20)8-2-3-9-15)10-14(19)17-13-6-4-12(16)5-7-13/h4-7,20H,2-3,8-11,16H2,1H3,(H,17,19). The molecule has 1 saturated carbocycles. The number of carbonyl (C=O) groups excluding carboxylic acids is 1. The number of nitrogens with one attached hydrogen (secondary N) is 1. The van der Waals surface area contributed by atoms with Crippen LogP contribution in [0, 0.1) is 0 Å². The number of anilines is 2. The molecule has 1 aromatic carbocycles. The van der Waals surface area contributed by atoms with Crippen molar-refractivity contribution in [2.45, 2.75) is 31.3 Å². The van der Waals surface area contributed by atoms with E-state index in [1.165, 1.54) is 0 Å². The van der Waals surface area contributed by atoms with Crippen LogP contribution < -0.4 is 11.1 Å². The van der Waals surface area contributed by atoms with Gasteiger partial charge in [0.2, 0.25) is 5.91 Å². The van der Waals surface area contributed by atoms with Gasteiger partial charge in [-0.25, -0.2) is 0 Å². The summed E-state index contributed by atoms with van der Waals surface area (Å²) in [6.45, 7) is 0.814. The Bertz CT molecular complexity index is 453. The molecule has 0 saturated heterocycles. The number of likely N-dealkylation sites (N-methyl/N-ethyl adjacent to an activating group) is 1. The quantitative estimate of drug-likeness (QED) is 0.712. The van der Waals surface area contributed by atoms with Crippen LogP contribution in [0.3, 0.4) is 0 Å². The van der Waals surface area contributed by atoms with E-state index >= 15 is 0 Å². The zero-order valence-corrected chi connectivity index (χ0v) is 11.9. The maximum Gasteiger partial charge on any atom is 0.238 e. The maximum atomic E-state index is 11.9. The second-order valence-corrected chi connectivity index (χ2v) is 5.77. The van der Waals surface area contributed by atoms with Gasteiger partial charge in [-0.1, -0.05) is 12.8 Å². The Labute approximate surface area is 119 Å². The van der Waals surface area contributed by atoms with Gasteiger partial charge < -0.3 is 16.2 Å². The van der Waals surface area contributed by atoms with Gasteiger partial charge in [-0.15, -0.1) is 0 Å². The van der Waals surface area contributed by atoms with E-state index in [0.717, 1.165) is 31.4 Å². The van der Waals surface area contributed by atoms with E-state index in [9.17, 15) is 9.90 Å². The molecular weight excluding hydrogens is 254 g/mol. The highest BCUT2D eigenvalue weighted by Crippen LogP contribution is 2.29. The monoisotopic (exact) mass is 277 g/mol. The van der Waals surface area contributed by atoms with Crippen molar-refractivity contribution in [1.29, 1.82) is 0 Å². The van der Waals surface area contributed by atoms with E-state index in [1.54, 1.807) is 24.3 Å². The van der Waals surface area contributed by atoms with Crippen LogP contribution >= 0.6 is 0 Å². The summed E-state index contributed by atoms with van der Waals surface area (Å²) in [5.41, 5.74) is 6.38. The van der Waals surface area contributed by atoms with E-state index in [0.29, 0.717) is 12.2 Å². The molecule has 0 spiro atoms. The summed E-state index contributed by atoms with van der Waals surface area (Å²) in [5.74, 6) is -0.0844. The minimum Gasteiger partial charge on any atom is -0.399 e. The topological polar surface area (TPSA) is 78.6 Å². The van der Waals surface area contributed by atoms with Crippen LogP contribution in [-0.4, -0.2) is 41.7 Å². The molecular formula is C15H23N3O2. The number of rotatable bonds is 5. The van der Waals surface area contributed by atoms with E-state index in [4.69, 9.17) is 5.73 Å². The second kappa shape index (κ2) is 6.24. The molecule has 0 bridgehead atoms. The zero-order chi connectivity index (χ0) is 14.6. The molecule has 5 heteroatoms. The molecule has 0 radical (unpaired) electrons. The van der Waals surface area contributed by atoms with Gasteiger partial charge in [-0.3, -0.25) is 9.69 Å². The number of nitrogen functional groups attached to an aromatic ring is 1. The van der Waals surface area contributed by atoms with Crippen molar-refractivity contribution in [2.75, 3.05) is 31.2 Å². The number of carbonyl (C=O) groups is 1. The summed E-state index contributed by atoms with van der Waals surface area (Å²) < 4.78 is 0. The lowest BCUT2D eigenvalue weighted by molar-refractivity contribution is -0.117. The Morgan fingerprint density at radius 1 is 1.35 bits per heavy atom. The van der Waals surface area contributed by atoms with Gasteiger partial charge in [-0.2, -0.15) is 0 Å². The lowest BCUT2D eigenvalue weighted by Crippen LogP contribution is -2.42. The number of amides is 1. The van der Waals surface area contributed by atoms with Crippen LogP contribution in [-0.2, 0) is 4.79 Å². The van der Waals surface area contributed by atoms with Gasteiger partial charge in [0, 0.05) is 17.9 Å². The van der Waals surface area contributed by atoms with Gasteiger partial charge in [0.25, 0.3) is 0 Å². The Kier molecular flexibility index (Phi) is 4.62. The predicted molar refractivity (Wildman–Crippen MR) is 80.4 cm³/mol. The van der Waals surface area contributed by atoms with Crippen molar-refractivity contribution >= 4 is 17.3 Å². The van der Waals surface area contributed by atoms with Crippen molar-refractivity contribution in [1.82, 2.24) is 4.90 Å². The zero-order valence-electron chi connectivity index (χ0n) is 11.9. The average molecular weight is 277 g/mol. The average Bonchev–Trinajstić information content (AvgIpc) is 2.78. The number of nitrogens with two attached hydrogens (primary N) is 1. The SMILES string of the molecule is CN(CC(=O)Nc1ccc(N)cc1)CC1(O)CCCC1. The highest BCUT2D eigenvalue weighted by molar-refractivity contribution is 5.92. The van der Waals surface area contributed by atoms with Crippen molar-refractivity contribution in [2.24, 2.45) is 0 Å². The fourth-order valence-corrected chi connectivity index (χ4v) is 2.76. The van der Waals surface area contributed by atoms with Crippen LogP contribution in [0.2, 0.25) is 0 Å². The van der Waals surface area contributed by atoms with Gasteiger partial charge in [0.1, 0.15) is 0 Å². The fourth-order valence-electron chi connectivity index (χ4n) is 2.76. The van der Waals surface area contributed by atoms with Crippen LogP contribution in [0.5, 0.6) is 0 Å². The smallest absolute Gasteiger partial charge is 0.238 e. The van der Waals surface area contributed by atoms with Crippen molar-refractivity contribution in [3.8, 4) is 0 Å². The van der Waals surface area contributed by atoms with Crippen molar-refractivity contribution in [3.63, 3.8) is 0 Å². The summed E-state index contributed by atoms with van der Waals surface area (Å²) in [4.78, 5) is 13.8. The molecule has 0 aromatic heterocycles. The first-order valence-electron chi connectivity index (χ1n) is 7.03. The second-order valence-electron chi connectivity index (χ2n) is 5.77. The largest absolute Gasteiger partial charge is 0.399 e. The van der Waals surface area contributed by atoms with E-state index in [2.05, 4.69) is 5.32 Å². The Morgan fingerprint density at radius 3 is 2.55 bits per heavy atom. The number of hydrogen-bond donors (Lipinski definition) is 3. The highest BCUT2D eigenvalue weighted by Gasteiger charge is 2.32. The first-order valence-corrected chi connectivity index (χ1v) is 7.03. The molecule has 1 aliphatic rings. The Morgan fingerprint density at radius 2 is 1.95 bits per heavy atom. The van der Waals surface area contributed by atoms with Gasteiger partial charge in [-0.05, 0) is 44.2 Å². The third kappa shape index (κ3) is 4.21. The number of benzene rings is 1. The number of aliphatic hydroxyl groups is 1. The molecule has 0 heterocycles. The first kappa shape index (κ1) is 14.8. The third-order valence-corrected chi connectivity index (χ3v) is 3.71. The first-order chi connectivity index (χ1) is 9.47. The summed E-state index contributed by atoms with van der Waals surface area (Å²) in [6, 6.07) is 7.05. The molecule has 0 aliphatic heterocycles. The van der Waals surface area contributed by atoms with Crippen LogP contribution in [0.25, 0.3) is 0 Å². The van der Waals surface area contributed by atoms with Gasteiger partial charge in [0.15, 0.2) is 0 Å². The molecule has 1 aromatic rings. The number of hydrogen-bond acceptors (Lipinski definition) is 4. The van der Waals surface area contributed by atoms with Gasteiger partial charge in [0.05, 0.1) is 12.1 Å². The summed E-state index contributed by atoms with van der Waals surface area (Å²) in [6.07, 6.45) is 3.80. The molecule has 1 amide bonds. The Hall–Kier alpha value is -1.59. The van der Waals surface area contributed by atoms with E-state index < -0.39 is 5.60 Å². The molecule has 110 valence electrons. The van der Waals surface area contributed by atoms with Crippen molar-refractivity contribution in [3.05, 3.63) is 24.3 Å². The van der Waals surface area contributed by atoms with Gasteiger partial charge >= 0.3 is 0 Å². The lowest BCUT2D eigenvalue weighted by Gasteiger charge is -2.28. The summed E-state index contributed by atoms with van der Waals surface area (Å²) in [5, 5.41) is 13.1. The summed E-state index contributed by atoms with van der Waals surface area (Å²) >= 11 is 0. The predicted octanol–water partition coefficient (Wildman–Crippen LogP) is 1.44. The molecule has 2 rings (SSSR count). The molecule has 0 atom stereocenters. The molecule has 0 unspecified atom stereocenters.